The van der Waals surface area contributed by atoms with Crippen LogP contribution in [0.25, 0.3) is 5.57 Å². The van der Waals surface area contributed by atoms with Gasteiger partial charge in [0, 0.05) is 21.2 Å². The van der Waals surface area contributed by atoms with Crippen LogP contribution in [0.2, 0.25) is 0 Å². The average molecular weight is 210 g/mol. The summed E-state index contributed by atoms with van der Waals surface area (Å²) in [7, 11) is 0. The van der Waals surface area contributed by atoms with Gasteiger partial charge in [-0.3, -0.25) is 0 Å². The first-order valence-electron chi connectivity index (χ1n) is 5.02. The van der Waals surface area contributed by atoms with E-state index in [1.165, 1.54) is 15.3 Å². The lowest BCUT2D eigenvalue weighted by Gasteiger charge is -1.99. The van der Waals surface area contributed by atoms with Crippen LogP contribution in [-0.2, 0) is 0 Å². The quantitative estimate of drug-likeness (QED) is 0.645. The van der Waals surface area contributed by atoms with Gasteiger partial charge in [0.05, 0.1) is 0 Å². The van der Waals surface area contributed by atoms with Crippen molar-refractivity contribution in [1.29, 1.82) is 0 Å². The van der Waals surface area contributed by atoms with Gasteiger partial charge >= 0.3 is 0 Å². The van der Waals surface area contributed by atoms with E-state index in [9.17, 15) is 0 Å². The average Bonchev–Trinajstić information content (AvgIpc) is 3.02. The summed E-state index contributed by atoms with van der Waals surface area (Å²) in [6.45, 7) is 0. The lowest BCUT2D eigenvalue weighted by atomic mass is 10.1. The Morgan fingerprint density at radius 2 is 1.93 bits per heavy atom. The summed E-state index contributed by atoms with van der Waals surface area (Å²) in [5, 5.41) is 0. The molecule has 0 aromatic carbocycles. The van der Waals surface area contributed by atoms with Crippen LogP contribution in [-0.4, -0.2) is 0 Å². The topological polar surface area (TPSA) is 0 Å². The zero-order chi connectivity index (χ0) is 10.1. The molecule has 0 amide bonds. The lowest BCUT2D eigenvalue weighted by molar-refractivity contribution is 1.15. The standard InChI is InChI=1S/C14H10S/c1-2-6-11(5-1)13-9-10-14(15-13)12-7-3-4-8-12/h1-7,9-11H. The van der Waals surface area contributed by atoms with Crippen molar-refractivity contribution in [2.75, 3.05) is 0 Å². The first-order valence-corrected chi connectivity index (χ1v) is 5.83. The Morgan fingerprint density at radius 3 is 2.67 bits per heavy atom. The molecular weight excluding hydrogens is 200 g/mol. The summed E-state index contributed by atoms with van der Waals surface area (Å²) in [6.07, 6.45) is 14.8. The summed E-state index contributed by atoms with van der Waals surface area (Å²) < 4.78 is 0. The minimum atomic E-state index is 0.485. The van der Waals surface area contributed by atoms with Crippen LogP contribution in [0.1, 0.15) is 15.7 Å². The molecule has 1 heterocycles. The molecule has 1 aromatic heterocycles. The van der Waals surface area contributed by atoms with Gasteiger partial charge in [-0.05, 0) is 24.3 Å². The van der Waals surface area contributed by atoms with E-state index in [4.69, 9.17) is 0 Å². The third kappa shape index (κ3) is 1.56. The number of thiophene rings is 1. The fourth-order valence-electron chi connectivity index (χ4n) is 1.78. The van der Waals surface area contributed by atoms with Gasteiger partial charge in [0.15, 0.2) is 0 Å². The van der Waals surface area contributed by atoms with E-state index in [2.05, 4.69) is 48.2 Å². The van der Waals surface area contributed by atoms with Crippen molar-refractivity contribution in [2.45, 2.75) is 5.92 Å². The molecule has 0 saturated heterocycles. The molecule has 0 nitrogen and oxygen atoms in total. The second kappa shape index (κ2) is 3.54. The number of rotatable bonds is 2. The molecule has 0 bridgehead atoms. The highest BCUT2D eigenvalue weighted by Gasteiger charge is 2.11. The lowest BCUT2D eigenvalue weighted by Crippen LogP contribution is -1.81. The molecule has 0 atom stereocenters. The molecule has 2 aliphatic rings. The summed E-state index contributed by atoms with van der Waals surface area (Å²) in [5.41, 5.74) is 4.44. The second-order valence-electron chi connectivity index (χ2n) is 3.58. The van der Waals surface area contributed by atoms with Gasteiger partial charge < -0.3 is 0 Å². The predicted octanol–water partition coefficient (Wildman–Crippen LogP) is 4.07. The van der Waals surface area contributed by atoms with Crippen molar-refractivity contribution in [2.24, 2.45) is 0 Å². The van der Waals surface area contributed by atoms with Gasteiger partial charge in [-0.1, -0.05) is 30.4 Å². The summed E-state index contributed by atoms with van der Waals surface area (Å²) in [5.74, 6) is 0.485. The molecule has 15 heavy (non-hydrogen) atoms. The molecule has 3 rings (SSSR count). The smallest absolute Gasteiger partial charge is 0.0423 e. The number of hydrogen-bond donors (Lipinski definition) is 0. The number of allylic oxidation sites excluding steroid dienone is 7. The second-order valence-corrected chi connectivity index (χ2v) is 4.70. The highest BCUT2D eigenvalue weighted by atomic mass is 32.1. The molecule has 0 saturated carbocycles. The van der Waals surface area contributed by atoms with Gasteiger partial charge in [-0.2, -0.15) is 0 Å². The molecule has 0 N–H and O–H groups in total. The van der Waals surface area contributed by atoms with Crippen LogP contribution in [0.5, 0.6) is 0 Å². The molecule has 72 valence electrons. The highest BCUT2D eigenvalue weighted by molar-refractivity contribution is 7.13. The SMILES string of the molecule is C1=CC=CC=1c1ccc(C2C=CC=C2)s1. The minimum Gasteiger partial charge on any atom is -0.139 e. The zero-order valence-electron chi connectivity index (χ0n) is 8.18. The maximum atomic E-state index is 3.23. The van der Waals surface area contributed by atoms with Crippen molar-refractivity contribution in [3.63, 3.8) is 0 Å². The van der Waals surface area contributed by atoms with E-state index in [1.54, 1.807) is 0 Å². The van der Waals surface area contributed by atoms with Crippen molar-refractivity contribution in [3.05, 3.63) is 70.2 Å². The molecule has 1 aromatic rings. The molecule has 0 radical (unpaired) electrons. The van der Waals surface area contributed by atoms with E-state index >= 15 is 0 Å². The molecule has 1 heteroatoms. The van der Waals surface area contributed by atoms with Crippen LogP contribution >= 0.6 is 11.3 Å². The van der Waals surface area contributed by atoms with E-state index in [-0.39, 0.29) is 0 Å². The van der Waals surface area contributed by atoms with E-state index in [0.29, 0.717) is 5.92 Å². The zero-order valence-corrected chi connectivity index (χ0v) is 9.00. The van der Waals surface area contributed by atoms with Crippen LogP contribution in [0, 0.1) is 0 Å². The van der Waals surface area contributed by atoms with Crippen molar-refractivity contribution >= 4 is 16.9 Å². The van der Waals surface area contributed by atoms with Gasteiger partial charge in [0.2, 0.25) is 0 Å². The van der Waals surface area contributed by atoms with Crippen LogP contribution in [0.3, 0.4) is 0 Å². The van der Waals surface area contributed by atoms with E-state index in [1.807, 2.05) is 23.5 Å². The first kappa shape index (κ1) is 8.72. The summed E-state index contributed by atoms with van der Waals surface area (Å²) >= 11 is 1.85. The fraction of sp³-hybridized carbons (Fsp3) is 0.0714. The third-order valence-corrected chi connectivity index (χ3v) is 3.79. The fourth-order valence-corrected chi connectivity index (χ4v) is 2.84. The van der Waals surface area contributed by atoms with Crippen LogP contribution in [0.15, 0.2) is 60.4 Å². The van der Waals surface area contributed by atoms with Crippen molar-refractivity contribution < 1.29 is 0 Å². The Morgan fingerprint density at radius 1 is 1.07 bits per heavy atom. The van der Waals surface area contributed by atoms with E-state index in [0.717, 1.165) is 0 Å². The molecule has 0 unspecified atom stereocenters. The Balaban J connectivity index is 1.94. The largest absolute Gasteiger partial charge is 0.139 e. The molecule has 2 aliphatic carbocycles. The van der Waals surface area contributed by atoms with Gasteiger partial charge in [-0.25, -0.2) is 0 Å². The molecule has 0 fully saturated rings. The van der Waals surface area contributed by atoms with Crippen molar-refractivity contribution in [3.8, 4) is 0 Å². The maximum Gasteiger partial charge on any atom is 0.0423 e. The molecule has 0 aliphatic heterocycles. The Bertz CT molecular complexity index is 519. The maximum absolute atomic E-state index is 3.23. The third-order valence-electron chi connectivity index (χ3n) is 2.57. The Labute approximate surface area is 93.3 Å². The molecular formula is C14H10S. The highest BCUT2D eigenvalue weighted by Crippen LogP contribution is 2.33. The van der Waals surface area contributed by atoms with Gasteiger partial charge in [-0.15, -0.1) is 17.1 Å². The first-order chi connectivity index (χ1) is 7.43. The monoisotopic (exact) mass is 210 g/mol. The number of hydrogen-bond acceptors (Lipinski definition) is 1. The van der Waals surface area contributed by atoms with Crippen LogP contribution in [0.4, 0.5) is 0 Å². The Kier molecular flexibility index (Phi) is 2.06. The minimum absolute atomic E-state index is 0.485. The normalized spacial score (nSPS) is 18.0. The van der Waals surface area contributed by atoms with Crippen molar-refractivity contribution in [1.82, 2.24) is 0 Å². The van der Waals surface area contributed by atoms with E-state index < -0.39 is 0 Å². The Hall–Kier alpha value is -1.56. The predicted molar refractivity (Wildman–Crippen MR) is 66.0 cm³/mol. The summed E-state index contributed by atoms with van der Waals surface area (Å²) in [6, 6.07) is 4.40. The van der Waals surface area contributed by atoms with Gasteiger partial charge in [0.25, 0.3) is 0 Å². The molecule has 0 spiro atoms. The van der Waals surface area contributed by atoms with Crippen LogP contribution < -0.4 is 0 Å². The van der Waals surface area contributed by atoms with Gasteiger partial charge in [0.1, 0.15) is 0 Å². The summed E-state index contributed by atoms with van der Waals surface area (Å²) in [4.78, 5) is 2.72.